The van der Waals surface area contributed by atoms with Crippen LogP contribution in [-0.4, -0.2) is 31.7 Å². The molecule has 2 aromatic heterocycles. The smallest absolute Gasteiger partial charge is 0.167 e. The molecule has 2 aromatic rings. The van der Waals surface area contributed by atoms with Gasteiger partial charge in [0.25, 0.3) is 0 Å². The van der Waals surface area contributed by atoms with Crippen LogP contribution in [0.1, 0.15) is 19.1 Å². The van der Waals surface area contributed by atoms with Crippen LogP contribution >= 0.6 is 0 Å². The monoisotopic (exact) mass is 284 g/mol. The number of nitrogen functional groups attached to an aromatic ring is 1. The molecule has 0 amide bonds. The van der Waals surface area contributed by atoms with Gasteiger partial charge in [-0.1, -0.05) is 5.11 Å². The largest absolute Gasteiger partial charge is 0.382 e. The van der Waals surface area contributed by atoms with Crippen molar-refractivity contribution in [2.75, 3.05) is 5.73 Å². The number of imidazole rings is 1. The van der Waals surface area contributed by atoms with Crippen molar-refractivity contribution in [3.63, 3.8) is 0 Å². The summed E-state index contributed by atoms with van der Waals surface area (Å²) in [4.78, 5) is 15.1. The molecule has 9 nitrogen and oxygen atoms in total. The number of anilines is 1. The van der Waals surface area contributed by atoms with Crippen molar-refractivity contribution >= 4 is 17.0 Å². The molecule has 106 valence electrons. The highest BCUT2D eigenvalue weighted by atomic mass is 16.5. The Bertz CT molecular complexity index is 756. The van der Waals surface area contributed by atoms with Gasteiger partial charge in [-0.25, -0.2) is 15.0 Å². The zero-order valence-electron chi connectivity index (χ0n) is 11.0. The summed E-state index contributed by atoms with van der Waals surface area (Å²) < 4.78 is 7.63. The van der Waals surface area contributed by atoms with E-state index in [1.165, 1.54) is 6.33 Å². The van der Waals surface area contributed by atoms with E-state index in [1.807, 2.05) is 0 Å². The number of fused-ring (bicyclic) bond motifs is 1. The molecule has 21 heavy (non-hydrogen) atoms. The number of hydrogen-bond acceptors (Lipinski definition) is 6. The summed E-state index contributed by atoms with van der Waals surface area (Å²) in [6.07, 6.45) is 8.50. The van der Waals surface area contributed by atoms with Gasteiger partial charge in [-0.15, -0.1) is 12.3 Å². The molecule has 0 bridgehead atoms. The van der Waals surface area contributed by atoms with Crippen LogP contribution in [0.2, 0.25) is 0 Å². The van der Waals surface area contributed by atoms with Crippen LogP contribution in [-0.2, 0) is 4.74 Å². The molecule has 2 N–H and O–H groups in total. The molecule has 0 unspecified atom stereocenters. The van der Waals surface area contributed by atoms with E-state index in [0.29, 0.717) is 29.8 Å². The number of aromatic nitrogens is 4. The quantitative estimate of drug-likeness (QED) is 0.394. The van der Waals surface area contributed by atoms with Crippen LogP contribution in [0.3, 0.4) is 0 Å². The third-order valence-corrected chi connectivity index (χ3v) is 3.42. The third kappa shape index (κ3) is 2.23. The normalized spacial score (nSPS) is 24.6. The summed E-state index contributed by atoms with van der Waals surface area (Å²) in [5, 5.41) is 3.75. The highest BCUT2D eigenvalue weighted by Gasteiger charge is 2.35. The van der Waals surface area contributed by atoms with Gasteiger partial charge >= 0.3 is 0 Å². The summed E-state index contributed by atoms with van der Waals surface area (Å²) in [6.45, 7) is 0. The van der Waals surface area contributed by atoms with E-state index in [-0.39, 0.29) is 18.4 Å². The van der Waals surface area contributed by atoms with Gasteiger partial charge in [0.2, 0.25) is 0 Å². The van der Waals surface area contributed by atoms with Gasteiger partial charge in [0.15, 0.2) is 11.5 Å². The van der Waals surface area contributed by atoms with Gasteiger partial charge in [0.05, 0.1) is 18.5 Å². The number of terminal acetylenes is 1. The lowest BCUT2D eigenvalue weighted by Gasteiger charge is -2.13. The van der Waals surface area contributed by atoms with E-state index in [4.69, 9.17) is 22.4 Å². The average molecular weight is 284 g/mol. The maximum atomic E-state index is 8.63. The first kappa shape index (κ1) is 13.2. The topological polar surface area (TPSA) is 128 Å². The van der Waals surface area contributed by atoms with E-state index < -0.39 is 0 Å². The lowest BCUT2D eigenvalue weighted by atomic mass is 10.1. The lowest BCUT2D eigenvalue weighted by molar-refractivity contribution is 0.00478. The molecular formula is C12H12N8O. The second-order valence-electron chi connectivity index (χ2n) is 4.63. The SMILES string of the molecule is C#CC[C@H]1O[C@@H](n2cnc3c(N)ncnc32)C[C@@H]1N=[N+]=[N-]. The highest BCUT2D eigenvalue weighted by Crippen LogP contribution is 2.34. The molecule has 3 rings (SSSR count). The minimum Gasteiger partial charge on any atom is -0.382 e. The predicted octanol–water partition coefficient (Wildman–Crippen LogP) is 1.40. The first-order valence-corrected chi connectivity index (χ1v) is 6.30. The molecule has 3 heterocycles. The molecule has 0 radical (unpaired) electrons. The Labute approximate surface area is 119 Å². The fraction of sp³-hybridized carbons (Fsp3) is 0.417. The summed E-state index contributed by atoms with van der Waals surface area (Å²) >= 11 is 0. The molecule has 0 spiro atoms. The second-order valence-corrected chi connectivity index (χ2v) is 4.63. The molecular weight excluding hydrogens is 272 g/mol. The van der Waals surface area contributed by atoms with Crippen LogP contribution in [0.5, 0.6) is 0 Å². The van der Waals surface area contributed by atoms with Crippen LogP contribution in [0.4, 0.5) is 5.82 Å². The van der Waals surface area contributed by atoms with Crippen molar-refractivity contribution in [1.82, 2.24) is 19.5 Å². The lowest BCUT2D eigenvalue weighted by Crippen LogP contribution is -2.17. The summed E-state index contributed by atoms with van der Waals surface area (Å²) in [7, 11) is 0. The Morgan fingerprint density at radius 2 is 2.43 bits per heavy atom. The molecule has 9 heteroatoms. The van der Waals surface area contributed by atoms with Crippen molar-refractivity contribution in [1.29, 1.82) is 0 Å². The summed E-state index contributed by atoms with van der Waals surface area (Å²) in [6, 6.07) is -0.312. The summed E-state index contributed by atoms with van der Waals surface area (Å²) in [5.41, 5.74) is 15.5. The fourth-order valence-corrected chi connectivity index (χ4v) is 2.45. The fourth-order valence-electron chi connectivity index (χ4n) is 2.45. The second kappa shape index (κ2) is 5.28. The highest BCUT2D eigenvalue weighted by molar-refractivity contribution is 5.81. The molecule has 1 fully saturated rings. The van der Waals surface area contributed by atoms with E-state index >= 15 is 0 Å². The number of nitrogens with zero attached hydrogens (tertiary/aromatic N) is 7. The van der Waals surface area contributed by atoms with Crippen molar-refractivity contribution < 1.29 is 4.74 Å². The Morgan fingerprint density at radius 3 is 3.19 bits per heavy atom. The van der Waals surface area contributed by atoms with Crippen LogP contribution in [0, 0.1) is 12.3 Å². The minimum atomic E-state index is -0.349. The molecule has 0 aromatic carbocycles. The number of ether oxygens (including phenoxy) is 1. The number of hydrogen-bond donors (Lipinski definition) is 1. The van der Waals surface area contributed by atoms with Crippen molar-refractivity contribution in [2.24, 2.45) is 5.11 Å². The van der Waals surface area contributed by atoms with Gasteiger partial charge < -0.3 is 10.5 Å². The van der Waals surface area contributed by atoms with E-state index in [9.17, 15) is 0 Å². The number of rotatable bonds is 3. The Morgan fingerprint density at radius 1 is 1.57 bits per heavy atom. The van der Waals surface area contributed by atoms with E-state index in [0.717, 1.165) is 0 Å². The first-order chi connectivity index (χ1) is 10.2. The average Bonchev–Trinajstić information content (AvgIpc) is 3.05. The Balaban J connectivity index is 1.95. The zero-order valence-corrected chi connectivity index (χ0v) is 11.0. The van der Waals surface area contributed by atoms with Crippen molar-refractivity contribution in [3.05, 3.63) is 23.1 Å². The van der Waals surface area contributed by atoms with Gasteiger partial charge in [0, 0.05) is 17.8 Å². The maximum absolute atomic E-state index is 8.63. The molecule has 1 aliphatic heterocycles. The third-order valence-electron chi connectivity index (χ3n) is 3.42. The molecule has 1 aliphatic rings. The van der Waals surface area contributed by atoms with Crippen molar-refractivity contribution in [2.45, 2.75) is 31.2 Å². The van der Waals surface area contributed by atoms with Gasteiger partial charge in [0.1, 0.15) is 18.1 Å². The van der Waals surface area contributed by atoms with Crippen LogP contribution in [0.15, 0.2) is 17.8 Å². The zero-order chi connectivity index (χ0) is 14.8. The Hall–Kier alpha value is -2.82. The molecule has 3 atom stereocenters. The van der Waals surface area contributed by atoms with Gasteiger partial charge in [-0.3, -0.25) is 4.57 Å². The minimum absolute atomic E-state index is 0.309. The van der Waals surface area contributed by atoms with E-state index in [1.54, 1.807) is 10.9 Å². The van der Waals surface area contributed by atoms with Gasteiger partial charge in [-0.2, -0.15) is 0 Å². The van der Waals surface area contributed by atoms with Crippen LogP contribution in [0.25, 0.3) is 21.6 Å². The number of nitrogens with two attached hydrogens (primary N) is 1. The Kier molecular flexibility index (Phi) is 3.31. The molecule has 1 saturated heterocycles. The maximum Gasteiger partial charge on any atom is 0.167 e. The standard InChI is InChI=1S/C12H12N8O/c1-2-3-8-7(18-19-14)4-9(21-8)20-6-17-10-11(13)15-5-16-12(10)20/h1,5-9H,3-4H2,(H2,13,15,16)/t7-,8+,9+/m0/s1. The number of azide groups is 1. The summed E-state index contributed by atoms with van der Waals surface area (Å²) in [5.74, 6) is 2.84. The van der Waals surface area contributed by atoms with Gasteiger partial charge in [-0.05, 0) is 5.53 Å². The van der Waals surface area contributed by atoms with E-state index in [2.05, 4.69) is 30.9 Å². The first-order valence-electron chi connectivity index (χ1n) is 6.30. The molecule has 0 saturated carbocycles. The van der Waals surface area contributed by atoms with Crippen molar-refractivity contribution in [3.8, 4) is 12.3 Å². The van der Waals surface area contributed by atoms with Crippen LogP contribution < -0.4 is 5.73 Å². The molecule has 0 aliphatic carbocycles. The predicted molar refractivity (Wildman–Crippen MR) is 74.6 cm³/mol.